The van der Waals surface area contributed by atoms with Gasteiger partial charge in [-0.25, -0.2) is 10.3 Å². The van der Waals surface area contributed by atoms with E-state index in [9.17, 15) is 10.4 Å². The Morgan fingerprint density at radius 2 is 2.11 bits per heavy atom. The zero-order valence-electron chi connectivity index (χ0n) is 10.3. The van der Waals surface area contributed by atoms with Gasteiger partial charge in [0.15, 0.2) is 5.84 Å². The molecule has 4 N–H and O–H groups in total. The molecule has 2 unspecified atom stereocenters. The minimum atomic E-state index is -0.636. The first-order chi connectivity index (χ1) is 8.56. The lowest BCUT2D eigenvalue weighted by Crippen LogP contribution is -2.83. The van der Waals surface area contributed by atoms with Crippen molar-refractivity contribution >= 4 is 23.3 Å². The third-order valence-electron chi connectivity index (χ3n) is 2.93. The highest BCUT2D eigenvalue weighted by Gasteiger charge is 2.44. The lowest BCUT2D eigenvalue weighted by molar-refractivity contribution is -0.482. The van der Waals surface area contributed by atoms with Gasteiger partial charge < -0.3 is 16.1 Å². The first kappa shape index (κ1) is 12.3. The maximum Gasteiger partial charge on any atom is 0.294 e. The fraction of sp³-hybridized carbons (Fsp3) is 0.600. The molecule has 0 saturated carbocycles. The fourth-order valence-corrected chi connectivity index (χ4v) is 1.98. The van der Waals surface area contributed by atoms with Crippen molar-refractivity contribution in [2.75, 3.05) is 0 Å². The van der Waals surface area contributed by atoms with Crippen molar-refractivity contribution in [1.82, 2.24) is 5.32 Å². The lowest BCUT2D eigenvalue weighted by Gasteiger charge is -2.17. The largest absolute Gasteiger partial charge is 0.712 e. The SMILES string of the molecule is CCC1=NC(C2[NH+]=C(CC)N=C2N)C(=[N+]([O-])[O-])N1. The molecule has 2 atom stereocenters. The van der Waals surface area contributed by atoms with Crippen molar-refractivity contribution in [3.63, 3.8) is 0 Å². The number of nitrogens with one attached hydrogen (secondary N) is 2. The van der Waals surface area contributed by atoms with E-state index in [0.29, 0.717) is 24.5 Å². The third kappa shape index (κ3) is 2.01. The summed E-state index contributed by atoms with van der Waals surface area (Å²) >= 11 is 0. The van der Waals surface area contributed by atoms with Gasteiger partial charge in [-0.05, 0) is 4.99 Å². The first-order valence-corrected chi connectivity index (χ1v) is 5.88. The van der Waals surface area contributed by atoms with Crippen LogP contribution < -0.4 is 16.0 Å². The van der Waals surface area contributed by atoms with Crippen LogP contribution in [0.3, 0.4) is 0 Å². The first-order valence-electron chi connectivity index (χ1n) is 5.88. The molecular formula is C10H16N6O2. The highest BCUT2D eigenvalue weighted by atomic mass is 16.8. The van der Waals surface area contributed by atoms with Gasteiger partial charge >= 0.3 is 0 Å². The van der Waals surface area contributed by atoms with Gasteiger partial charge in [0, 0.05) is 6.42 Å². The summed E-state index contributed by atoms with van der Waals surface area (Å²) in [7, 11) is 0. The topological polar surface area (TPSA) is 126 Å². The zero-order valence-corrected chi connectivity index (χ0v) is 10.3. The van der Waals surface area contributed by atoms with Crippen LogP contribution in [0.5, 0.6) is 0 Å². The second kappa shape index (κ2) is 4.63. The van der Waals surface area contributed by atoms with Crippen molar-refractivity contribution in [2.24, 2.45) is 15.7 Å². The van der Waals surface area contributed by atoms with Gasteiger partial charge in [0.2, 0.25) is 12.1 Å². The Morgan fingerprint density at radius 1 is 1.39 bits per heavy atom. The molecule has 0 amide bonds. The molecule has 8 nitrogen and oxygen atoms in total. The van der Waals surface area contributed by atoms with Crippen molar-refractivity contribution in [1.29, 1.82) is 0 Å². The maximum atomic E-state index is 11.0. The summed E-state index contributed by atoms with van der Waals surface area (Å²) < 4.78 is 0. The molecule has 0 aromatic heterocycles. The van der Waals surface area contributed by atoms with Gasteiger partial charge in [-0.1, -0.05) is 13.8 Å². The zero-order chi connectivity index (χ0) is 13.3. The molecule has 2 heterocycles. The predicted octanol–water partition coefficient (Wildman–Crippen LogP) is -2.20. The lowest BCUT2D eigenvalue weighted by atomic mass is 10.1. The molecule has 8 heteroatoms. The van der Waals surface area contributed by atoms with Crippen molar-refractivity contribution in [3.8, 4) is 0 Å². The summed E-state index contributed by atoms with van der Waals surface area (Å²) in [6.07, 6.45) is 1.32. The average molecular weight is 252 g/mol. The molecule has 18 heavy (non-hydrogen) atoms. The molecular weight excluding hydrogens is 236 g/mol. The molecule has 0 aliphatic carbocycles. The molecule has 2 rings (SSSR count). The number of rotatable bonds is 3. The number of nitrogens with zero attached hydrogens (tertiary/aromatic N) is 3. The third-order valence-corrected chi connectivity index (χ3v) is 2.93. The van der Waals surface area contributed by atoms with Gasteiger partial charge in [0.25, 0.3) is 17.5 Å². The summed E-state index contributed by atoms with van der Waals surface area (Å²) in [6, 6.07) is -1.07. The number of hydrogen-bond acceptors (Lipinski definition) is 5. The van der Waals surface area contributed by atoms with Gasteiger partial charge in [0.05, 0.1) is 6.42 Å². The van der Waals surface area contributed by atoms with Crippen LogP contribution in [0.1, 0.15) is 26.7 Å². The van der Waals surface area contributed by atoms with Crippen molar-refractivity contribution in [2.45, 2.75) is 38.8 Å². The Balaban J connectivity index is 2.32. The Morgan fingerprint density at radius 3 is 2.61 bits per heavy atom. The number of amidine groups is 4. The maximum absolute atomic E-state index is 11.0. The Kier molecular flexibility index (Phi) is 3.17. The van der Waals surface area contributed by atoms with E-state index in [1.54, 1.807) is 0 Å². The molecule has 0 fully saturated rings. The molecule has 0 bridgehead atoms. The predicted molar refractivity (Wildman–Crippen MR) is 68.3 cm³/mol. The number of aliphatic imine (C=N–C) groups is 2. The van der Waals surface area contributed by atoms with Crippen LogP contribution in [0.15, 0.2) is 9.98 Å². The summed E-state index contributed by atoms with van der Waals surface area (Å²) in [5.41, 5.74) is 5.81. The number of hydrogen-bond donors (Lipinski definition) is 3. The van der Waals surface area contributed by atoms with E-state index in [4.69, 9.17) is 5.73 Å². The minimum Gasteiger partial charge on any atom is -0.712 e. The van der Waals surface area contributed by atoms with Crippen LogP contribution in [-0.4, -0.2) is 40.3 Å². The molecule has 0 aromatic carbocycles. The molecule has 0 radical (unpaired) electrons. The smallest absolute Gasteiger partial charge is 0.294 e. The molecule has 2 aliphatic rings. The monoisotopic (exact) mass is 252 g/mol. The summed E-state index contributed by atoms with van der Waals surface area (Å²) in [5, 5.41) is 24.7. The minimum absolute atomic E-state index is 0.0418. The second-order valence-electron chi connectivity index (χ2n) is 4.10. The van der Waals surface area contributed by atoms with E-state index in [0.717, 1.165) is 5.84 Å². The van der Waals surface area contributed by atoms with Gasteiger partial charge in [-0.15, -0.1) is 0 Å². The highest BCUT2D eigenvalue weighted by Crippen LogP contribution is 2.08. The Labute approximate surface area is 104 Å². The van der Waals surface area contributed by atoms with Crippen LogP contribution in [0, 0.1) is 10.4 Å². The van der Waals surface area contributed by atoms with E-state index in [2.05, 4.69) is 20.3 Å². The van der Waals surface area contributed by atoms with Gasteiger partial charge in [0.1, 0.15) is 0 Å². The van der Waals surface area contributed by atoms with E-state index in [-0.39, 0.29) is 5.84 Å². The van der Waals surface area contributed by atoms with Crippen LogP contribution in [-0.2, 0) is 0 Å². The standard InChI is InChI=1S/C10H15N6O2/c1-3-5-12-7(9(11)14-5)8-10(16(17)18)15-6(4-2)13-8/h7-8H,3-4H2,1-2H3,(H3-,11,12,13,14,15,17,18)/q-1/p+1. The highest BCUT2D eigenvalue weighted by molar-refractivity contribution is 6.10. The van der Waals surface area contributed by atoms with E-state index in [1.807, 2.05) is 13.8 Å². The molecule has 0 saturated heterocycles. The normalized spacial score (nSPS) is 26.6. The van der Waals surface area contributed by atoms with Crippen molar-refractivity contribution in [3.05, 3.63) is 10.4 Å². The summed E-state index contributed by atoms with van der Waals surface area (Å²) in [5.74, 6) is 1.64. The van der Waals surface area contributed by atoms with Crippen LogP contribution in [0.4, 0.5) is 0 Å². The second-order valence-corrected chi connectivity index (χ2v) is 4.10. The Bertz CT molecular complexity index is 475. The number of nitrogens with two attached hydrogens (primary N) is 1. The Hall–Kier alpha value is -2.12. The summed E-state index contributed by atoms with van der Waals surface area (Å²) in [4.78, 5) is 11.1. The fourth-order valence-electron chi connectivity index (χ4n) is 1.98. The summed E-state index contributed by atoms with van der Waals surface area (Å²) in [6.45, 7) is 3.82. The van der Waals surface area contributed by atoms with Crippen molar-refractivity contribution < 1.29 is 9.89 Å². The molecule has 2 aliphatic heterocycles. The van der Waals surface area contributed by atoms with Crippen LogP contribution in [0.2, 0.25) is 0 Å². The van der Waals surface area contributed by atoms with E-state index in [1.165, 1.54) is 0 Å². The average Bonchev–Trinajstić information content (AvgIpc) is 2.91. The quantitative estimate of drug-likeness (QED) is 0.389. The van der Waals surface area contributed by atoms with Gasteiger partial charge in [-0.3, -0.25) is 9.89 Å². The van der Waals surface area contributed by atoms with Crippen LogP contribution >= 0.6 is 0 Å². The van der Waals surface area contributed by atoms with Crippen LogP contribution in [0.25, 0.3) is 0 Å². The molecule has 0 spiro atoms. The van der Waals surface area contributed by atoms with Gasteiger partial charge in [-0.2, -0.15) is 0 Å². The molecule has 0 aromatic rings. The van der Waals surface area contributed by atoms with E-state index >= 15 is 0 Å². The molecule has 98 valence electrons. The van der Waals surface area contributed by atoms with E-state index < -0.39 is 17.0 Å².